The van der Waals surface area contributed by atoms with Crippen molar-refractivity contribution in [1.82, 2.24) is 5.32 Å². The van der Waals surface area contributed by atoms with E-state index in [0.717, 1.165) is 38.5 Å². The molecule has 2 N–H and O–H groups in total. The van der Waals surface area contributed by atoms with Gasteiger partial charge < -0.3 is 28.8 Å². The summed E-state index contributed by atoms with van der Waals surface area (Å²) in [5.74, 6) is -0.202. The molecule has 8 nitrogen and oxygen atoms in total. The van der Waals surface area contributed by atoms with Crippen molar-refractivity contribution in [3.05, 3.63) is 24.3 Å². The summed E-state index contributed by atoms with van der Waals surface area (Å²) in [6.45, 7) is 4.67. The Morgan fingerprint density at radius 2 is 0.875 bits per heavy atom. The number of amides is 1. The lowest BCUT2D eigenvalue weighted by atomic mass is 10.0. The average Bonchev–Trinajstić information content (AvgIpc) is 3.25. The average molecular weight is 925 g/mol. The van der Waals surface area contributed by atoms with Crippen LogP contribution in [0.25, 0.3) is 0 Å². The van der Waals surface area contributed by atoms with E-state index in [1.54, 1.807) is 6.08 Å². The van der Waals surface area contributed by atoms with Crippen LogP contribution in [0.3, 0.4) is 0 Å². The molecular weight excluding hydrogens is 816 g/mol. The number of phosphoric ester groups is 1. The Morgan fingerprint density at radius 1 is 0.531 bits per heavy atom. The molecule has 0 aromatic rings. The number of aliphatic hydroxyl groups excluding tert-OH is 1. The van der Waals surface area contributed by atoms with Gasteiger partial charge >= 0.3 is 0 Å². The standard InChI is InChI=1S/C55H109N2O6P/c1-6-8-10-12-14-16-18-20-22-24-26-28-29-31-33-35-37-39-41-43-45-47-49-55(59)56-53(52-63-64(60,61)62-51-50-57(3,4)5)54(58)48-46-44-42-40-38-36-34-32-30-27-25-23-21-19-17-15-13-11-9-7-2/h38,40,46,48,53-54,58H,6-37,39,41-45,47,49-52H2,1-5H3,(H-,56,59,60,61)/b40-38+,48-46+. The zero-order valence-electron chi connectivity index (χ0n) is 43.3. The van der Waals surface area contributed by atoms with Gasteiger partial charge in [-0.25, -0.2) is 0 Å². The third-order valence-corrected chi connectivity index (χ3v) is 13.6. The molecule has 9 heteroatoms. The molecule has 3 atom stereocenters. The molecule has 0 spiro atoms. The van der Waals surface area contributed by atoms with E-state index in [0.29, 0.717) is 17.4 Å². The molecule has 64 heavy (non-hydrogen) atoms. The summed E-state index contributed by atoms with van der Waals surface area (Å²) in [5.41, 5.74) is 0. The molecule has 0 heterocycles. The van der Waals surface area contributed by atoms with Gasteiger partial charge in [0, 0.05) is 6.42 Å². The Hall–Kier alpha value is -1.02. The predicted octanol–water partition coefficient (Wildman–Crippen LogP) is 15.8. The van der Waals surface area contributed by atoms with E-state index in [1.807, 2.05) is 27.2 Å². The zero-order chi connectivity index (χ0) is 47.1. The fraction of sp³-hybridized carbons (Fsp3) is 0.909. The van der Waals surface area contributed by atoms with Crippen LogP contribution in [-0.2, 0) is 18.4 Å². The van der Waals surface area contributed by atoms with E-state index in [9.17, 15) is 19.4 Å². The first kappa shape index (κ1) is 63.0. The molecule has 0 aromatic heterocycles. The van der Waals surface area contributed by atoms with Crippen molar-refractivity contribution in [1.29, 1.82) is 0 Å². The van der Waals surface area contributed by atoms with Gasteiger partial charge in [0.15, 0.2) is 0 Å². The molecule has 1 amide bonds. The predicted molar refractivity (Wildman–Crippen MR) is 275 cm³/mol. The topological polar surface area (TPSA) is 108 Å². The Kier molecular flexibility index (Phi) is 46.3. The van der Waals surface area contributed by atoms with Gasteiger partial charge in [-0.05, 0) is 32.1 Å². The monoisotopic (exact) mass is 925 g/mol. The summed E-state index contributed by atoms with van der Waals surface area (Å²) >= 11 is 0. The van der Waals surface area contributed by atoms with Gasteiger partial charge in [0.25, 0.3) is 7.82 Å². The van der Waals surface area contributed by atoms with Crippen molar-refractivity contribution < 1.29 is 32.9 Å². The number of nitrogens with one attached hydrogen (secondary N) is 1. The molecular formula is C55H109N2O6P. The van der Waals surface area contributed by atoms with Crippen molar-refractivity contribution >= 4 is 13.7 Å². The van der Waals surface area contributed by atoms with E-state index in [1.165, 1.54) is 212 Å². The maximum absolute atomic E-state index is 12.9. The molecule has 380 valence electrons. The number of hydrogen-bond acceptors (Lipinski definition) is 6. The van der Waals surface area contributed by atoms with Crippen molar-refractivity contribution in [3.63, 3.8) is 0 Å². The van der Waals surface area contributed by atoms with Gasteiger partial charge in [-0.1, -0.05) is 256 Å². The molecule has 0 fully saturated rings. The number of carbonyl (C=O) groups is 1. The van der Waals surface area contributed by atoms with Gasteiger partial charge in [0.05, 0.1) is 39.9 Å². The maximum Gasteiger partial charge on any atom is 0.268 e. The molecule has 0 aliphatic heterocycles. The Balaban J connectivity index is 4.26. The lowest BCUT2D eigenvalue weighted by Gasteiger charge is -2.29. The summed E-state index contributed by atoms with van der Waals surface area (Å²) in [5, 5.41) is 13.9. The number of unbranched alkanes of at least 4 members (excludes halogenated alkanes) is 36. The van der Waals surface area contributed by atoms with Crippen LogP contribution in [0.2, 0.25) is 0 Å². The normalized spacial score (nSPS) is 14.2. The van der Waals surface area contributed by atoms with Crippen molar-refractivity contribution in [3.8, 4) is 0 Å². The van der Waals surface area contributed by atoms with Crippen molar-refractivity contribution in [2.75, 3.05) is 40.9 Å². The fourth-order valence-electron chi connectivity index (χ4n) is 8.29. The maximum atomic E-state index is 12.9. The van der Waals surface area contributed by atoms with Crippen LogP contribution in [0, 0.1) is 0 Å². The molecule has 0 rings (SSSR count). The summed E-state index contributed by atoms with van der Waals surface area (Å²) in [7, 11) is 1.26. The highest BCUT2D eigenvalue weighted by Crippen LogP contribution is 2.38. The van der Waals surface area contributed by atoms with Crippen LogP contribution in [0.4, 0.5) is 0 Å². The van der Waals surface area contributed by atoms with Gasteiger partial charge in [-0.3, -0.25) is 9.36 Å². The van der Waals surface area contributed by atoms with Gasteiger partial charge in [-0.15, -0.1) is 0 Å². The van der Waals surface area contributed by atoms with Gasteiger partial charge in [-0.2, -0.15) is 0 Å². The fourth-order valence-corrected chi connectivity index (χ4v) is 9.01. The molecule has 0 aliphatic rings. The molecule has 0 aromatic carbocycles. The first-order chi connectivity index (χ1) is 31.0. The number of nitrogens with zero attached hydrogens (tertiary/aromatic N) is 1. The van der Waals surface area contributed by atoms with E-state index in [4.69, 9.17) is 9.05 Å². The van der Waals surface area contributed by atoms with E-state index in [-0.39, 0.29) is 19.1 Å². The number of hydrogen-bond donors (Lipinski definition) is 2. The number of quaternary nitrogens is 1. The minimum atomic E-state index is -4.60. The van der Waals surface area contributed by atoms with Crippen LogP contribution in [0.15, 0.2) is 24.3 Å². The van der Waals surface area contributed by atoms with Crippen LogP contribution < -0.4 is 10.2 Å². The SMILES string of the molecule is CCCCCCCCCCCCCCCC/C=C/CC/C=C/C(O)C(COP(=O)([O-])OCC[N+](C)(C)C)NC(=O)CCCCCCCCCCCCCCCCCCCCCCCC. The van der Waals surface area contributed by atoms with Crippen LogP contribution >= 0.6 is 7.82 Å². The van der Waals surface area contributed by atoms with Crippen LogP contribution in [0.1, 0.15) is 271 Å². The molecule has 0 radical (unpaired) electrons. The Bertz CT molecular complexity index is 1090. The minimum Gasteiger partial charge on any atom is -0.756 e. The lowest BCUT2D eigenvalue weighted by Crippen LogP contribution is -2.45. The first-order valence-corrected chi connectivity index (χ1v) is 29.2. The third-order valence-electron chi connectivity index (χ3n) is 12.7. The molecule has 0 saturated carbocycles. The summed E-state index contributed by atoms with van der Waals surface area (Å²) in [6.07, 6.45) is 58.2. The van der Waals surface area contributed by atoms with E-state index in [2.05, 4.69) is 31.3 Å². The number of allylic oxidation sites excluding steroid dienone is 3. The summed E-state index contributed by atoms with van der Waals surface area (Å²) < 4.78 is 23.3. The van der Waals surface area contributed by atoms with E-state index < -0.39 is 20.0 Å². The Morgan fingerprint density at radius 3 is 1.27 bits per heavy atom. The number of phosphoric acid groups is 1. The zero-order valence-corrected chi connectivity index (χ0v) is 44.1. The second-order valence-corrected chi connectivity index (χ2v) is 21.7. The highest BCUT2D eigenvalue weighted by molar-refractivity contribution is 7.45. The lowest BCUT2D eigenvalue weighted by molar-refractivity contribution is -0.870. The second-order valence-electron chi connectivity index (χ2n) is 20.3. The van der Waals surface area contributed by atoms with Crippen molar-refractivity contribution in [2.24, 2.45) is 0 Å². The second kappa shape index (κ2) is 47.1. The number of aliphatic hydroxyl groups is 1. The highest BCUT2D eigenvalue weighted by atomic mass is 31.2. The van der Waals surface area contributed by atoms with Gasteiger partial charge in [0.1, 0.15) is 13.2 Å². The first-order valence-electron chi connectivity index (χ1n) is 27.7. The highest BCUT2D eigenvalue weighted by Gasteiger charge is 2.23. The van der Waals surface area contributed by atoms with Crippen molar-refractivity contribution in [2.45, 2.75) is 283 Å². The molecule has 3 unspecified atom stereocenters. The van der Waals surface area contributed by atoms with Crippen LogP contribution in [0.5, 0.6) is 0 Å². The molecule has 0 saturated heterocycles. The Labute approximate surface area is 398 Å². The largest absolute Gasteiger partial charge is 0.756 e. The quantitative estimate of drug-likeness (QED) is 0.0272. The smallest absolute Gasteiger partial charge is 0.268 e. The number of rotatable bonds is 51. The number of carbonyl (C=O) groups excluding carboxylic acids is 1. The minimum absolute atomic E-state index is 0.00378. The number of likely N-dealkylation sites (N-methyl/N-ethyl adjacent to an activating group) is 1. The summed E-state index contributed by atoms with van der Waals surface area (Å²) in [4.78, 5) is 25.5. The third kappa shape index (κ3) is 48.9. The van der Waals surface area contributed by atoms with Crippen LogP contribution in [-0.4, -0.2) is 68.5 Å². The van der Waals surface area contributed by atoms with E-state index >= 15 is 0 Å². The summed E-state index contributed by atoms with van der Waals surface area (Å²) in [6, 6.07) is -0.899. The molecule has 0 bridgehead atoms. The molecule has 0 aliphatic carbocycles. The van der Waals surface area contributed by atoms with Gasteiger partial charge in [0.2, 0.25) is 5.91 Å².